The quantitative estimate of drug-likeness (QED) is 0.902. The molecule has 3 nitrogen and oxygen atoms in total. The molecule has 0 aliphatic carbocycles. The molecule has 4 heteroatoms. The van der Waals surface area contributed by atoms with Crippen LogP contribution in [0.1, 0.15) is 12.5 Å². The summed E-state index contributed by atoms with van der Waals surface area (Å²) in [7, 11) is 0. The van der Waals surface area contributed by atoms with E-state index in [1.807, 2.05) is 13.0 Å². The van der Waals surface area contributed by atoms with E-state index in [-0.39, 0.29) is 11.9 Å². The Hall–Kier alpha value is -1.94. The van der Waals surface area contributed by atoms with Crippen LogP contribution in [0.5, 0.6) is 11.6 Å². The molecule has 0 aliphatic rings. The highest BCUT2D eigenvalue weighted by atomic mass is 19.1. The van der Waals surface area contributed by atoms with Crippen molar-refractivity contribution in [3.8, 4) is 11.6 Å². The zero-order chi connectivity index (χ0) is 13.0. The number of ether oxygens (including phenoxy) is 1. The van der Waals surface area contributed by atoms with Crippen molar-refractivity contribution in [2.24, 2.45) is 5.73 Å². The van der Waals surface area contributed by atoms with Gasteiger partial charge in [0.2, 0.25) is 5.88 Å². The van der Waals surface area contributed by atoms with Crippen LogP contribution in [0.2, 0.25) is 0 Å². The van der Waals surface area contributed by atoms with E-state index in [1.54, 1.807) is 24.4 Å². The third-order valence-corrected chi connectivity index (χ3v) is 2.37. The van der Waals surface area contributed by atoms with Gasteiger partial charge in [-0.3, -0.25) is 0 Å². The molecule has 2 N–H and O–H groups in total. The van der Waals surface area contributed by atoms with Gasteiger partial charge in [-0.05, 0) is 31.0 Å². The molecule has 0 spiro atoms. The van der Waals surface area contributed by atoms with E-state index in [9.17, 15) is 4.39 Å². The predicted molar refractivity (Wildman–Crippen MR) is 68.1 cm³/mol. The summed E-state index contributed by atoms with van der Waals surface area (Å²) in [4.78, 5) is 4.16. The Morgan fingerprint density at radius 2 is 2.17 bits per heavy atom. The van der Waals surface area contributed by atoms with E-state index in [0.717, 1.165) is 12.0 Å². The van der Waals surface area contributed by atoms with Gasteiger partial charge >= 0.3 is 0 Å². The normalized spacial score (nSPS) is 12.2. The van der Waals surface area contributed by atoms with Crippen molar-refractivity contribution in [2.45, 2.75) is 19.4 Å². The molecular formula is C14H15FN2O. The van der Waals surface area contributed by atoms with Crippen LogP contribution in [-0.4, -0.2) is 11.0 Å². The Balaban J connectivity index is 2.06. The first-order chi connectivity index (χ1) is 8.63. The Morgan fingerprint density at radius 3 is 2.78 bits per heavy atom. The monoisotopic (exact) mass is 246 g/mol. The molecule has 2 rings (SSSR count). The Kier molecular flexibility index (Phi) is 3.89. The highest BCUT2D eigenvalue weighted by Crippen LogP contribution is 2.20. The number of aromatic nitrogens is 1. The van der Waals surface area contributed by atoms with Crippen LogP contribution in [-0.2, 0) is 6.42 Å². The number of halogens is 1. The van der Waals surface area contributed by atoms with Crippen LogP contribution in [0.15, 0.2) is 42.6 Å². The van der Waals surface area contributed by atoms with Gasteiger partial charge < -0.3 is 10.5 Å². The van der Waals surface area contributed by atoms with E-state index in [2.05, 4.69) is 4.98 Å². The number of benzene rings is 1. The van der Waals surface area contributed by atoms with Gasteiger partial charge in [0, 0.05) is 24.4 Å². The van der Waals surface area contributed by atoms with Crippen molar-refractivity contribution in [3.05, 3.63) is 54.0 Å². The zero-order valence-corrected chi connectivity index (χ0v) is 10.1. The Bertz CT molecular complexity index is 511. The molecule has 0 bridgehead atoms. The van der Waals surface area contributed by atoms with E-state index in [4.69, 9.17) is 10.5 Å². The molecule has 18 heavy (non-hydrogen) atoms. The van der Waals surface area contributed by atoms with Gasteiger partial charge in [-0.1, -0.05) is 12.1 Å². The molecule has 1 aromatic carbocycles. The SMILES string of the molecule is CC(N)Cc1ccc(Oc2cccc(F)c2)nc1. The molecule has 0 radical (unpaired) electrons. The molecule has 0 saturated carbocycles. The van der Waals surface area contributed by atoms with Crippen molar-refractivity contribution in [1.29, 1.82) is 0 Å². The van der Waals surface area contributed by atoms with Crippen molar-refractivity contribution in [1.82, 2.24) is 4.98 Å². The summed E-state index contributed by atoms with van der Waals surface area (Å²) < 4.78 is 18.4. The summed E-state index contributed by atoms with van der Waals surface area (Å²) in [5, 5.41) is 0. The van der Waals surface area contributed by atoms with Gasteiger partial charge in [0.05, 0.1) is 0 Å². The fourth-order valence-electron chi connectivity index (χ4n) is 1.62. The Labute approximate surface area is 105 Å². The van der Waals surface area contributed by atoms with Crippen molar-refractivity contribution in [3.63, 3.8) is 0 Å². The first-order valence-electron chi connectivity index (χ1n) is 5.77. The molecule has 0 aliphatic heterocycles. The van der Waals surface area contributed by atoms with E-state index >= 15 is 0 Å². The number of pyridine rings is 1. The lowest BCUT2D eigenvalue weighted by atomic mass is 10.1. The van der Waals surface area contributed by atoms with Crippen LogP contribution in [0.3, 0.4) is 0 Å². The standard InChI is InChI=1S/C14H15FN2O/c1-10(16)7-11-5-6-14(17-9-11)18-13-4-2-3-12(15)8-13/h2-6,8-10H,7,16H2,1H3. The number of nitrogens with two attached hydrogens (primary N) is 1. The van der Waals surface area contributed by atoms with Crippen LogP contribution < -0.4 is 10.5 Å². The average molecular weight is 246 g/mol. The minimum Gasteiger partial charge on any atom is -0.439 e. The predicted octanol–water partition coefficient (Wildman–Crippen LogP) is 2.90. The van der Waals surface area contributed by atoms with E-state index < -0.39 is 0 Å². The summed E-state index contributed by atoms with van der Waals surface area (Å²) in [5.41, 5.74) is 6.75. The molecule has 0 saturated heterocycles. The molecule has 1 heterocycles. The zero-order valence-electron chi connectivity index (χ0n) is 10.1. The third kappa shape index (κ3) is 3.53. The molecule has 1 unspecified atom stereocenters. The smallest absolute Gasteiger partial charge is 0.219 e. The highest BCUT2D eigenvalue weighted by molar-refractivity contribution is 5.28. The number of nitrogens with zero attached hydrogens (tertiary/aromatic N) is 1. The fourth-order valence-corrected chi connectivity index (χ4v) is 1.62. The van der Waals surface area contributed by atoms with Gasteiger partial charge in [0.25, 0.3) is 0 Å². The maximum Gasteiger partial charge on any atom is 0.219 e. The molecule has 2 aromatic rings. The van der Waals surface area contributed by atoms with Crippen LogP contribution in [0.4, 0.5) is 4.39 Å². The topological polar surface area (TPSA) is 48.1 Å². The summed E-state index contributed by atoms with van der Waals surface area (Å²) in [6.07, 6.45) is 2.49. The first kappa shape index (κ1) is 12.5. The molecule has 0 amide bonds. The molecular weight excluding hydrogens is 231 g/mol. The first-order valence-corrected chi connectivity index (χ1v) is 5.77. The third-order valence-electron chi connectivity index (χ3n) is 2.37. The Morgan fingerprint density at radius 1 is 1.33 bits per heavy atom. The second-order valence-corrected chi connectivity index (χ2v) is 4.25. The van der Waals surface area contributed by atoms with Gasteiger partial charge in [0.15, 0.2) is 0 Å². The van der Waals surface area contributed by atoms with Crippen molar-refractivity contribution >= 4 is 0 Å². The maximum absolute atomic E-state index is 13.0. The van der Waals surface area contributed by atoms with Gasteiger partial charge in [-0.25, -0.2) is 9.37 Å². The highest BCUT2D eigenvalue weighted by Gasteiger charge is 2.02. The summed E-state index contributed by atoms with van der Waals surface area (Å²) in [6.45, 7) is 1.94. The minimum absolute atomic E-state index is 0.0989. The maximum atomic E-state index is 13.0. The fraction of sp³-hybridized carbons (Fsp3) is 0.214. The largest absolute Gasteiger partial charge is 0.439 e. The van der Waals surface area contributed by atoms with Crippen molar-refractivity contribution < 1.29 is 9.13 Å². The average Bonchev–Trinajstić information content (AvgIpc) is 2.31. The summed E-state index contributed by atoms with van der Waals surface area (Å²) in [5.74, 6) is 0.539. The summed E-state index contributed by atoms with van der Waals surface area (Å²) >= 11 is 0. The lowest BCUT2D eigenvalue weighted by molar-refractivity contribution is 0.457. The molecule has 1 atom stereocenters. The van der Waals surface area contributed by atoms with Gasteiger partial charge in [-0.15, -0.1) is 0 Å². The van der Waals surface area contributed by atoms with E-state index in [0.29, 0.717) is 11.6 Å². The number of hydrogen-bond donors (Lipinski definition) is 1. The second kappa shape index (κ2) is 5.60. The lowest BCUT2D eigenvalue weighted by Crippen LogP contribution is -2.17. The van der Waals surface area contributed by atoms with Crippen molar-refractivity contribution in [2.75, 3.05) is 0 Å². The lowest BCUT2D eigenvalue weighted by Gasteiger charge is -2.07. The number of hydrogen-bond acceptors (Lipinski definition) is 3. The molecule has 0 fully saturated rings. The minimum atomic E-state index is -0.332. The molecule has 1 aromatic heterocycles. The number of rotatable bonds is 4. The van der Waals surface area contributed by atoms with Crippen LogP contribution in [0, 0.1) is 5.82 Å². The second-order valence-electron chi connectivity index (χ2n) is 4.25. The van der Waals surface area contributed by atoms with Crippen LogP contribution in [0.25, 0.3) is 0 Å². The van der Waals surface area contributed by atoms with Crippen LogP contribution >= 0.6 is 0 Å². The van der Waals surface area contributed by atoms with E-state index in [1.165, 1.54) is 12.1 Å². The molecule has 94 valence electrons. The van der Waals surface area contributed by atoms with Gasteiger partial charge in [-0.2, -0.15) is 0 Å². The summed E-state index contributed by atoms with van der Waals surface area (Å²) in [6, 6.07) is 9.72. The van der Waals surface area contributed by atoms with Gasteiger partial charge in [0.1, 0.15) is 11.6 Å².